The average molecular weight is 210 g/mol. The zero-order valence-corrected chi connectivity index (χ0v) is 8.92. The van der Waals surface area contributed by atoms with Crippen LogP contribution in [0.5, 0.6) is 0 Å². The van der Waals surface area contributed by atoms with Crippen LogP contribution in [0.3, 0.4) is 0 Å². The summed E-state index contributed by atoms with van der Waals surface area (Å²) >= 11 is 0. The van der Waals surface area contributed by atoms with Crippen LogP contribution in [-0.4, -0.2) is 6.43 Å². The molecule has 0 aliphatic heterocycles. The fourth-order valence-corrected chi connectivity index (χ4v) is 2.38. The molecule has 1 aromatic rings. The highest BCUT2D eigenvalue weighted by atomic mass is 19.3. The van der Waals surface area contributed by atoms with E-state index in [1.807, 2.05) is 6.07 Å². The van der Waals surface area contributed by atoms with Crippen molar-refractivity contribution in [2.75, 3.05) is 0 Å². The number of aryl methyl sites for hydroxylation is 1. The van der Waals surface area contributed by atoms with Gasteiger partial charge in [-0.1, -0.05) is 29.8 Å². The smallest absolute Gasteiger partial charge is 0.211 e. The third-order valence-electron chi connectivity index (χ3n) is 3.26. The van der Waals surface area contributed by atoms with Crippen molar-refractivity contribution in [2.45, 2.75) is 38.5 Å². The zero-order chi connectivity index (χ0) is 10.8. The molecule has 0 amide bonds. The molecule has 0 saturated heterocycles. The summed E-state index contributed by atoms with van der Waals surface area (Å²) in [6.45, 7) is 2.07. The van der Waals surface area contributed by atoms with Crippen molar-refractivity contribution in [3.63, 3.8) is 0 Å². The second-order valence-corrected chi connectivity index (χ2v) is 4.58. The molecular formula is C13H16F2. The Morgan fingerprint density at radius 3 is 2.67 bits per heavy atom. The van der Waals surface area contributed by atoms with Crippen molar-refractivity contribution in [1.29, 1.82) is 0 Å². The van der Waals surface area contributed by atoms with Gasteiger partial charge in [-0.3, -0.25) is 0 Å². The van der Waals surface area contributed by atoms with E-state index in [0.29, 0.717) is 5.92 Å². The lowest BCUT2D eigenvalue weighted by Crippen LogP contribution is -2.23. The maximum absolute atomic E-state index is 12.1. The molecule has 0 unspecified atom stereocenters. The van der Waals surface area contributed by atoms with Gasteiger partial charge in [0.25, 0.3) is 0 Å². The quantitative estimate of drug-likeness (QED) is 0.703. The van der Waals surface area contributed by atoms with Crippen LogP contribution in [0.4, 0.5) is 8.78 Å². The van der Waals surface area contributed by atoms with Gasteiger partial charge in [-0.15, -0.1) is 0 Å². The van der Waals surface area contributed by atoms with Gasteiger partial charge >= 0.3 is 0 Å². The highest BCUT2D eigenvalue weighted by molar-refractivity contribution is 5.27. The Kier molecular flexibility index (Phi) is 3.03. The molecule has 0 aromatic heterocycles. The van der Waals surface area contributed by atoms with Crippen molar-refractivity contribution in [3.8, 4) is 0 Å². The summed E-state index contributed by atoms with van der Waals surface area (Å²) in [7, 11) is 0. The van der Waals surface area contributed by atoms with E-state index in [1.54, 1.807) is 0 Å². The minimum Gasteiger partial charge on any atom is -0.211 e. The summed E-state index contributed by atoms with van der Waals surface area (Å²) in [5.41, 5.74) is 2.57. The van der Waals surface area contributed by atoms with Gasteiger partial charge < -0.3 is 0 Å². The summed E-state index contributed by atoms with van der Waals surface area (Å²) in [6.07, 6.45) is -0.169. The molecule has 0 bridgehead atoms. The molecule has 1 aliphatic carbocycles. The van der Waals surface area contributed by atoms with Gasteiger partial charge in [0.05, 0.1) is 0 Å². The van der Waals surface area contributed by atoms with Gasteiger partial charge in [0.1, 0.15) is 0 Å². The molecule has 0 nitrogen and oxygen atoms in total. The van der Waals surface area contributed by atoms with E-state index in [9.17, 15) is 8.78 Å². The van der Waals surface area contributed by atoms with Gasteiger partial charge in [-0.25, -0.2) is 8.78 Å². The van der Waals surface area contributed by atoms with Crippen LogP contribution < -0.4 is 0 Å². The molecule has 0 atom stereocenters. The molecular weight excluding hydrogens is 194 g/mol. The first-order chi connectivity index (χ1) is 7.15. The second kappa shape index (κ2) is 4.30. The Labute approximate surface area is 89.3 Å². The first-order valence-electron chi connectivity index (χ1n) is 5.50. The van der Waals surface area contributed by atoms with Gasteiger partial charge in [-0.2, -0.15) is 0 Å². The number of halogens is 2. The molecule has 2 rings (SSSR count). The third kappa shape index (κ3) is 2.55. The maximum atomic E-state index is 12.1. The van der Waals surface area contributed by atoms with E-state index < -0.39 is 6.43 Å². The average Bonchev–Trinajstić information content (AvgIpc) is 2.10. The molecule has 0 N–H and O–H groups in total. The van der Waals surface area contributed by atoms with Crippen LogP contribution in [0.1, 0.15) is 36.3 Å². The van der Waals surface area contributed by atoms with Crippen LogP contribution in [0.25, 0.3) is 0 Å². The van der Waals surface area contributed by atoms with Crippen LogP contribution >= 0.6 is 0 Å². The fourth-order valence-electron chi connectivity index (χ4n) is 2.38. The van der Waals surface area contributed by atoms with Crippen molar-refractivity contribution in [2.24, 2.45) is 5.92 Å². The van der Waals surface area contributed by atoms with Gasteiger partial charge in [0.15, 0.2) is 0 Å². The molecule has 0 heterocycles. The second-order valence-electron chi connectivity index (χ2n) is 4.58. The first kappa shape index (κ1) is 10.6. The summed E-state index contributed by atoms with van der Waals surface area (Å²) in [5, 5.41) is 0. The predicted molar refractivity (Wildman–Crippen MR) is 57.3 cm³/mol. The number of alkyl halides is 2. The maximum Gasteiger partial charge on any atom is 0.238 e. The van der Waals surface area contributed by atoms with E-state index in [1.165, 1.54) is 11.1 Å². The lowest BCUT2D eigenvalue weighted by Gasteiger charge is -2.35. The number of hydrogen-bond acceptors (Lipinski definition) is 0. The van der Waals surface area contributed by atoms with E-state index in [2.05, 4.69) is 25.1 Å². The standard InChI is InChI=1S/C13H16F2/c1-9-3-2-4-11(5-9)12-6-10(7-12)8-13(14)15/h2-5,10,12-13H,6-8H2,1H3. The van der Waals surface area contributed by atoms with E-state index >= 15 is 0 Å². The molecule has 0 radical (unpaired) electrons. The highest BCUT2D eigenvalue weighted by Gasteiger charge is 2.31. The van der Waals surface area contributed by atoms with Crippen molar-refractivity contribution >= 4 is 0 Å². The zero-order valence-electron chi connectivity index (χ0n) is 8.92. The SMILES string of the molecule is Cc1cccc(C2CC(CC(F)F)C2)c1. The Morgan fingerprint density at radius 2 is 2.07 bits per heavy atom. The first-order valence-corrected chi connectivity index (χ1v) is 5.50. The summed E-state index contributed by atoms with van der Waals surface area (Å²) in [6, 6.07) is 8.39. The minimum absolute atomic E-state index is 0.0856. The highest BCUT2D eigenvalue weighted by Crippen LogP contribution is 2.44. The van der Waals surface area contributed by atoms with Crippen LogP contribution in [-0.2, 0) is 0 Å². The third-order valence-corrected chi connectivity index (χ3v) is 3.26. The van der Waals surface area contributed by atoms with Crippen LogP contribution in [0, 0.1) is 12.8 Å². The Bertz CT molecular complexity index is 327. The van der Waals surface area contributed by atoms with E-state index in [-0.39, 0.29) is 12.3 Å². The molecule has 1 fully saturated rings. The number of hydrogen-bond donors (Lipinski definition) is 0. The predicted octanol–water partition coefficient (Wildman–Crippen LogP) is 4.14. The van der Waals surface area contributed by atoms with Crippen LogP contribution in [0.15, 0.2) is 24.3 Å². The fraction of sp³-hybridized carbons (Fsp3) is 0.538. The van der Waals surface area contributed by atoms with Crippen LogP contribution in [0.2, 0.25) is 0 Å². The topological polar surface area (TPSA) is 0 Å². The molecule has 1 aromatic carbocycles. The molecule has 1 saturated carbocycles. The lowest BCUT2D eigenvalue weighted by atomic mass is 9.70. The Hall–Kier alpha value is -0.920. The Morgan fingerprint density at radius 1 is 1.33 bits per heavy atom. The van der Waals surface area contributed by atoms with Gasteiger partial charge in [0.2, 0.25) is 6.43 Å². The number of benzene rings is 1. The monoisotopic (exact) mass is 210 g/mol. The van der Waals surface area contributed by atoms with Gasteiger partial charge in [0, 0.05) is 6.42 Å². The molecule has 82 valence electrons. The molecule has 2 heteroatoms. The number of rotatable bonds is 3. The normalized spacial score (nSPS) is 25.3. The summed E-state index contributed by atoms with van der Waals surface area (Å²) in [4.78, 5) is 0. The van der Waals surface area contributed by atoms with Crippen molar-refractivity contribution in [1.82, 2.24) is 0 Å². The van der Waals surface area contributed by atoms with E-state index in [0.717, 1.165) is 12.8 Å². The summed E-state index contributed by atoms with van der Waals surface area (Å²) < 4.78 is 24.2. The summed E-state index contributed by atoms with van der Waals surface area (Å²) in [5.74, 6) is 0.768. The minimum atomic E-state index is -2.13. The van der Waals surface area contributed by atoms with Gasteiger partial charge in [-0.05, 0) is 37.2 Å². The van der Waals surface area contributed by atoms with Crippen molar-refractivity contribution in [3.05, 3.63) is 35.4 Å². The largest absolute Gasteiger partial charge is 0.238 e. The Balaban J connectivity index is 1.89. The van der Waals surface area contributed by atoms with E-state index in [4.69, 9.17) is 0 Å². The van der Waals surface area contributed by atoms with Crippen molar-refractivity contribution < 1.29 is 8.78 Å². The lowest BCUT2D eigenvalue weighted by molar-refractivity contribution is 0.0841. The molecule has 15 heavy (non-hydrogen) atoms. The molecule has 1 aliphatic rings. The molecule has 0 spiro atoms.